The molecule has 8 heteroatoms. The summed E-state index contributed by atoms with van der Waals surface area (Å²) < 4.78 is 34.8. The summed E-state index contributed by atoms with van der Waals surface area (Å²) in [4.78, 5) is 15.5. The van der Waals surface area contributed by atoms with Gasteiger partial charge in [0.15, 0.2) is 11.6 Å². The zero-order valence-electron chi connectivity index (χ0n) is 15.2. The van der Waals surface area contributed by atoms with Crippen LogP contribution in [0.15, 0.2) is 59.8 Å². The Labute approximate surface area is 162 Å². The number of fused-ring (bicyclic) bond motifs is 2. The number of nitrogens with zero attached hydrogens (tertiary/aromatic N) is 2. The molecule has 0 bridgehead atoms. The zero-order chi connectivity index (χ0) is 20.1. The molecule has 5 aromatic rings. The van der Waals surface area contributed by atoms with E-state index in [0.29, 0.717) is 27.8 Å². The van der Waals surface area contributed by atoms with Crippen molar-refractivity contribution in [1.82, 2.24) is 19.7 Å². The molecule has 0 spiro atoms. The molecule has 0 fully saturated rings. The van der Waals surface area contributed by atoms with Gasteiger partial charge in [0.05, 0.1) is 22.6 Å². The second-order valence-corrected chi connectivity index (χ2v) is 6.71. The number of aromatic nitrogens is 4. The number of halogens is 2. The maximum atomic E-state index is 14.2. The second kappa shape index (κ2) is 6.30. The van der Waals surface area contributed by atoms with Crippen LogP contribution in [0, 0.1) is 11.6 Å². The highest BCUT2D eigenvalue weighted by Crippen LogP contribution is 2.39. The van der Waals surface area contributed by atoms with Gasteiger partial charge in [0, 0.05) is 42.0 Å². The van der Waals surface area contributed by atoms with Crippen LogP contribution in [0.25, 0.3) is 32.9 Å². The number of pyridine rings is 1. The third kappa shape index (κ3) is 2.77. The minimum atomic E-state index is -0.811. The van der Waals surface area contributed by atoms with E-state index in [-0.39, 0.29) is 11.3 Å². The second-order valence-electron chi connectivity index (χ2n) is 6.71. The van der Waals surface area contributed by atoms with Gasteiger partial charge in [-0.2, -0.15) is 5.10 Å². The predicted octanol–water partition coefficient (Wildman–Crippen LogP) is 4.48. The molecule has 2 N–H and O–H groups in total. The third-order valence-corrected chi connectivity index (χ3v) is 4.83. The van der Waals surface area contributed by atoms with Gasteiger partial charge in [0.25, 0.3) is 5.56 Å². The lowest BCUT2D eigenvalue weighted by atomic mass is 10.0. The molecule has 0 radical (unpaired) electrons. The number of rotatable bonds is 3. The van der Waals surface area contributed by atoms with Crippen molar-refractivity contribution in [2.75, 3.05) is 0 Å². The van der Waals surface area contributed by atoms with Gasteiger partial charge in [-0.1, -0.05) is 0 Å². The first-order valence-corrected chi connectivity index (χ1v) is 8.78. The molecular formula is C21H14F2N4O2. The van der Waals surface area contributed by atoms with Gasteiger partial charge in [-0.15, -0.1) is 0 Å². The molecule has 0 aliphatic heterocycles. The Morgan fingerprint density at radius 1 is 1.07 bits per heavy atom. The van der Waals surface area contributed by atoms with Gasteiger partial charge in [0.2, 0.25) is 0 Å². The largest absolute Gasteiger partial charge is 0.454 e. The minimum Gasteiger partial charge on any atom is -0.454 e. The summed E-state index contributed by atoms with van der Waals surface area (Å²) in [6.07, 6.45) is 5.00. The molecule has 0 amide bonds. The summed E-state index contributed by atoms with van der Waals surface area (Å²) in [7, 11) is 1.66. The lowest BCUT2D eigenvalue weighted by Gasteiger charge is -2.14. The van der Waals surface area contributed by atoms with Crippen LogP contribution in [-0.2, 0) is 7.05 Å². The van der Waals surface area contributed by atoms with Gasteiger partial charge in [-0.05, 0) is 30.3 Å². The van der Waals surface area contributed by atoms with Crippen molar-refractivity contribution in [2.24, 2.45) is 7.05 Å². The van der Waals surface area contributed by atoms with Crippen molar-refractivity contribution in [3.05, 3.63) is 77.0 Å². The molecule has 5 rings (SSSR count). The van der Waals surface area contributed by atoms with Crippen molar-refractivity contribution >= 4 is 21.8 Å². The predicted molar refractivity (Wildman–Crippen MR) is 105 cm³/mol. The van der Waals surface area contributed by atoms with Crippen LogP contribution in [0.3, 0.4) is 0 Å². The molecule has 0 aliphatic rings. The average Bonchev–Trinajstić information content (AvgIpc) is 3.35. The van der Waals surface area contributed by atoms with E-state index >= 15 is 0 Å². The van der Waals surface area contributed by atoms with Gasteiger partial charge in [-0.25, -0.2) is 8.78 Å². The van der Waals surface area contributed by atoms with Gasteiger partial charge in [0.1, 0.15) is 11.6 Å². The molecule has 0 atom stereocenters. The van der Waals surface area contributed by atoms with E-state index in [1.165, 1.54) is 10.6 Å². The molecule has 3 heterocycles. The van der Waals surface area contributed by atoms with E-state index in [0.717, 1.165) is 23.0 Å². The van der Waals surface area contributed by atoms with Crippen LogP contribution in [0.1, 0.15) is 0 Å². The number of hydrogen-bond acceptors (Lipinski definition) is 3. The van der Waals surface area contributed by atoms with Crippen LogP contribution in [0.4, 0.5) is 8.78 Å². The molecule has 6 nitrogen and oxygen atoms in total. The fourth-order valence-electron chi connectivity index (χ4n) is 3.42. The summed E-state index contributed by atoms with van der Waals surface area (Å²) >= 11 is 0. The fraction of sp³-hybridized carbons (Fsp3) is 0.0476. The lowest BCUT2D eigenvalue weighted by molar-refractivity contribution is 0.439. The third-order valence-electron chi connectivity index (χ3n) is 4.83. The highest BCUT2D eigenvalue weighted by atomic mass is 19.1. The molecule has 0 saturated carbocycles. The Morgan fingerprint density at radius 3 is 2.76 bits per heavy atom. The Kier molecular flexibility index (Phi) is 3.73. The highest BCUT2D eigenvalue weighted by Gasteiger charge is 2.17. The summed E-state index contributed by atoms with van der Waals surface area (Å²) in [5, 5.41) is 8.21. The molecule has 0 saturated heterocycles. The smallest absolute Gasteiger partial charge is 0.259 e. The van der Waals surface area contributed by atoms with Crippen molar-refractivity contribution in [1.29, 1.82) is 0 Å². The van der Waals surface area contributed by atoms with Crippen molar-refractivity contribution in [3.63, 3.8) is 0 Å². The summed E-state index contributed by atoms with van der Waals surface area (Å²) in [5.74, 6) is -1.26. The topological polar surface area (TPSA) is 75.7 Å². The quantitative estimate of drug-likeness (QED) is 0.475. The zero-order valence-corrected chi connectivity index (χ0v) is 15.2. The van der Waals surface area contributed by atoms with Crippen molar-refractivity contribution in [3.8, 4) is 22.6 Å². The maximum Gasteiger partial charge on any atom is 0.259 e. The van der Waals surface area contributed by atoms with E-state index in [1.54, 1.807) is 37.8 Å². The van der Waals surface area contributed by atoms with Crippen LogP contribution in [0.5, 0.6) is 11.5 Å². The Balaban J connectivity index is 1.78. The molecule has 29 heavy (non-hydrogen) atoms. The molecule has 0 unspecified atom stereocenters. The van der Waals surface area contributed by atoms with Crippen LogP contribution in [-0.4, -0.2) is 19.7 Å². The summed E-state index contributed by atoms with van der Waals surface area (Å²) in [6.45, 7) is 0. The average molecular weight is 392 g/mol. The van der Waals surface area contributed by atoms with Gasteiger partial charge in [-0.3, -0.25) is 9.89 Å². The summed E-state index contributed by atoms with van der Waals surface area (Å²) in [5.41, 5.74) is 2.56. The Morgan fingerprint density at radius 2 is 1.93 bits per heavy atom. The number of hydrogen-bond donors (Lipinski definition) is 2. The first-order valence-electron chi connectivity index (χ1n) is 8.78. The number of ether oxygens (including phenoxy) is 1. The van der Waals surface area contributed by atoms with E-state index in [4.69, 9.17) is 4.74 Å². The van der Waals surface area contributed by atoms with Crippen LogP contribution in [0.2, 0.25) is 0 Å². The van der Waals surface area contributed by atoms with E-state index in [2.05, 4.69) is 15.2 Å². The molecule has 3 aromatic heterocycles. The van der Waals surface area contributed by atoms with Crippen LogP contribution < -0.4 is 10.3 Å². The van der Waals surface area contributed by atoms with Crippen molar-refractivity contribution < 1.29 is 13.5 Å². The Hall–Kier alpha value is -3.94. The summed E-state index contributed by atoms with van der Waals surface area (Å²) in [6, 6.07) is 8.37. The van der Waals surface area contributed by atoms with E-state index < -0.39 is 11.6 Å². The number of aromatic amines is 2. The van der Waals surface area contributed by atoms with E-state index in [9.17, 15) is 13.6 Å². The number of aryl methyl sites for hydroxylation is 1. The molecule has 144 valence electrons. The standard InChI is InChI=1S/C21H14F2N4O2/c1-27-10-15(20-13(21(27)28)4-5-24-20)14-8-17-11(9-25-26-17)6-19(14)29-18-3-2-12(22)7-16(18)23/h2-10,24H,1H3,(H,25,26). The molecular weight excluding hydrogens is 378 g/mol. The van der Waals surface area contributed by atoms with Gasteiger partial charge < -0.3 is 14.3 Å². The first-order chi connectivity index (χ1) is 14.0. The lowest BCUT2D eigenvalue weighted by Crippen LogP contribution is -2.16. The number of benzene rings is 2. The molecule has 0 aliphatic carbocycles. The minimum absolute atomic E-state index is 0.108. The molecule has 2 aromatic carbocycles. The fourth-order valence-corrected chi connectivity index (χ4v) is 3.42. The first kappa shape index (κ1) is 17.2. The normalized spacial score (nSPS) is 11.4. The SMILES string of the molecule is Cn1cc(-c2cc3[nH]ncc3cc2Oc2ccc(F)cc2F)c2[nH]ccc2c1=O. The van der Waals surface area contributed by atoms with Gasteiger partial charge >= 0.3 is 0 Å². The van der Waals surface area contributed by atoms with E-state index in [1.807, 2.05) is 6.07 Å². The number of nitrogens with one attached hydrogen (secondary N) is 2. The Bertz CT molecular complexity index is 1450. The maximum absolute atomic E-state index is 14.2. The highest BCUT2D eigenvalue weighted by molar-refractivity contribution is 5.98. The van der Waals surface area contributed by atoms with Crippen molar-refractivity contribution in [2.45, 2.75) is 0 Å². The number of H-pyrrole nitrogens is 2. The monoisotopic (exact) mass is 392 g/mol. The van der Waals surface area contributed by atoms with Crippen LogP contribution >= 0.6 is 0 Å².